The van der Waals surface area contributed by atoms with Crippen LogP contribution in [0, 0.1) is 23.0 Å². The molecule has 1 saturated heterocycles. The van der Waals surface area contributed by atoms with E-state index in [0.717, 1.165) is 38.3 Å². The molecule has 0 spiro atoms. The molecule has 116 valence electrons. The summed E-state index contributed by atoms with van der Waals surface area (Å²) in [7, 11) is 0. The van der Waals surface area contributed by atoms with Crippen molar-refractivity contribution in [1.82, 2.24) is 10.3 Å². The van der Waals surface area contributed by atoms with E-state index < -0.39 is 0 Å². The summed E-state index contributed by atoms with van der Waals surface area (Å²) in [6.07, 6.45) is 3.30. The normalized spacial score (nSPS) is 18.5. The number of nitrogens with zero attached hydrogens (tertiary/aromatic N) is 3. The number of hydrogen-bond acceptors (Lipinski definition) is 5. The Morgan fingerprint density at radius 2 is 2.33 bits per heavy atom. The first-order chi connectivity index (χ1) is 10.1. The van der Waals surface area contributed by atoms with Crippen molar-refractivity contribution in [3.63, 3.8) is 0 Å². The maximum absolute atomic E-state index is 11.3. The van der Waals surface area contributed by atoms with Crippen LogP contribution >= 0.6 is 0 Å². The molecule has 0 bridgehead atoms. The first kappa shape index (κ1) is 15.7. The Morgan fingerprint density at radius 1 is 1.52 bits per heavy atom. The van der Waals surface area contributed by atoms with Gasteiger partial charge in [-0.15, -0.1) is 0 Å². The topological polar surface area (TPSA) is 71.3 Å². The van der Waals surface area contributed by atoms with Crippen molar-refractivity contribution >= 4 is 11.5 Å². The third-order valence-electron chi connectivity index (χ3n) is 3.86. The Balaban J connectivity index is 2.23. The Labute approximate surface area is 125 Å². The number of aryl methyl sites for hydroxylation is 1. The molecule has 1 aromatic heterocycles. The van der Waals surface area contributed by atoms with E-state index >= 15 is 0 Å². The van der Waals surface area contributed by atoms with Crippen molar-refractivity contribution in [1.29, 1.82) is 0 Å². The van der Waals surface area contributed by atoms with Gasteiger partial charge in [0.05, 0.1) is 4.92 Å². The van der Waals surface area contributed by atoms with Crippen LogP contribution in [0.2, 0.25) is 0 Å². The molecule has 0 aliphatic carbocycles. The minimum Gasteiger partial charge on any atom is -0.351 e. The Kier molecular flexibility index (Phi) is 5.50. The molecule has 1 N–H and O–H groups in total. The zero-order valence-corrected chi connectivity index (χ0v) is 12.8. The highest BCUT2D eigenvalue weighted by Gasteiger charge is 2.24. The monoisotopic (exact) mass is 292 g/mol. The zero-order chi connectivity index (χ0) is 15.2. The van der Waals surface area contributed by atoms with Crippen LogP contribution in [0.15, 0.2) is 12.1 Å². The van der Waals surface area contributed by atoms with Crippen LogP contribution in [-0.2, 0) is 0 Å². The van der Waals surface area contributed by atoms with Gasteiger partial charge >= 0.3 is 5.69 Å². The second kappa shape index (κ2) is 7.36. The summed E-state index contributed by atoms with van der Waals surface area (Å²) < 4.78 is 0. The minimum atomic E-state index is -0.330. The first-order valence-corrected chi connectivity index (χ1v) is 7.69. The highest BCUT2D eigenvalue weighted by atomic mass is 16.6. The number of nitro groups is 1. The maximum atomic E-state index is 11.3. The molecule has 1 fully saturated rings. The molecule has 1 aromatic rings. The van der Waals surface area contributed by atoms with Crippen molar-refractivity contribution in [2.24, 2.45) is 5.92 Å². The lowest BCUT2D eigenvalue weighted by molar-refractivity contribution is -0.384. The summed E-state index contributed by atoms with van der Waals surface area (Å²) in [6, 6.07) is 3.27. The van der Waals surface area contributed by atoms with Gasteiger partial charge in [-0.05, 0) is 51.3 Å². The number of hydrogen-bond donors (Lipinski definition) is 1. The van der Waals surface area contributed by atoms with Crippen LogP contribution in [0.25, 0.3) is 0 Å². The summed E-state index contributed by atoms with van der Waals surface area (Å²) >= 11 is 0. The summed E-state index contributed by atoms with van der Waals surface area (Å²) in [6.45, 7) is 7.66. The van der Waals surface area contributed by atoms with Crippen molar-refractivity contribution < 1.29 is 4.92 Å². The van der Waals surface area contributed by atoms with E-state index in [2.05, 4.69) is 22.1 Å². The molecule has 1 aliphatic rings. The summed E-state index contributed by atoms with van der Waals surface area (Å²) in [5, 5.41) is 14.7. The molecule has 0 aromatic carbocycles. The van der Waals surface area contributed by atoms with Crippen LogP contribution in [0.4, 0.5) is 11.5 Å². The molecule has 0 radical (unpaired) electrons. The van der Waals surface area contributed by atoms with Gasteiger partial charge in [0.2, 0.25) is 5.82 Å². The van der Waals surface area contributed by atoms with E-state index in [4.69, 9.17) is 0 Å². The molecule has 0 saturated carbocycles. The lowest BCUT2D eigenvalue weighted by Crippen LogP contribution is -2.39. The Bertz CT molecular complexity index is 487. The number of piperidine rings is 1. The number of pyridine rings is 1. The fourth-order valence-corrected chi connectivity index (χ4v) is 2.86. The maximum Gasteiger partial charge on any atom is 0.311 e. The molecule has 1 unspecified atom stereocenters. The Hall–Kier alpha value is -1.69. The molecular formula is C15H24N4O2. The van der Waals surface area contributed by atoms with Gasteiger partial charge in [-0.1, -0.05) is 6.92 Å². The van der Waals surface area contributed by atoms with Gasteiger partial charge in [-0.3, -0.25) is 10.1 Å². The SMILES string of the molecule is CCCN(CC1CCCNC1)c1nc(C)ccc1[N+](=O)[O-]. The predicted octanol–water partition coefficient (Wildman–Crippen LogP) is 2.51. The van der Waals surface area contributed by atoms with E-state index in [0.29, 0.717) is 11.7 Å². The van der Waals surface area contributed by atoms with Crippen LogP contribution in [-0.4, -0.2) is 36.1 Å². The summed E-state index contributed by atoms with van der Waals surface area (Å²) in [5.41, 5.74) is 0.927. The third kappa shape index (κ3) is 4.14. The molecule has 2 rings (SSSR count). The third-order valence-corrected chi connectivity index (χ3v) is 3.86. The van der Waals surface area contributed by atoms with Gasteiger partial charge in [0.15, 0.2) is 0 Å². The predicted molar refractivity (Wildman–Crippen MR) is 83.7 cm³/mol. The molecule has 6 heteroatoms. The van der Waals surface area contributed by atoms with E-state index in [1.165, 1.54) is 12.8 Å². The van der Waals surface area contributed by atoms with Gasteiger partial charge < -0.3 is 10.2 Å². The smallest absolute Gasteiger partial charge is 0.311 e. The van der Waals surface area contributed by atoms with Crippen molar-refractivity contribution in [2.75, 3.05) is 31.1 Å². The largest absolute Gasteiger partial charge is 0.351 e. The van der Waals surface area contributed by atoms with Gasteiger partial charge in [0, 0.05) is 24.8 Å². The highest BCUT2D eigenvalue weighted by Crippen LogP contribution is 2.27. The summed E-state index contributed by atoms with van der Waals surface area (Å²) in [5.74, 6) is 1.06. The average molecular weight is 292 g/mol. The Morgan fingerprint density at radius 3 is 2.95 bits per heavy atom. The molecule has 2 heterocycles. The fraction of sp³-hybridized carbons (Fsp3) is 0.667. The summed E-state index contributed by atoms with van der Waals surface area (Å²) in [4.78, 5) is 17.5. The molecule has 1 aliphatic heterocycles. The number of anilines is 1. The van der Waals surface area contributed by atoms with E-state index in [-0.39, 0.29) is 10.6 Å². The van der Waals surface area contributed by atoms with Crippen LogP contribution in [0.3, 0.4) is 0 Å². The molecule has 6 nitrogen and oxygen atoms in total. The van der Waals surface area contributed by atoms with E-state index in [9.17, 15) is 10.1 Å². The van der Waals surface area contributed by atoms with Gasteiger partial charge in [0.1, 0.15) is 0 Å². The van der Waals surface area contributed by atoms with Crippen LogP contribution < -0.4 is 10.2 Å². The quantitative estimate of drug-likeness (QED) is 0.644. The second-order valence-electron chi connectivity index (χ2n) is 5.71. The van der Waals surface area contributed by atoms with Gasteiger partial charge in [-0.2, -0.15) is 0 Å². The molecule has 21 heavy (non-hydrogen) atoms. The molecule has 0 amide bonds. The molecular weight excluding hydrogens is 268 g/mol. The van der Waals surface area contributed by atoms with Crippen molar-refractivity contribution in [3.8, 4) is 0 Å². The zero-order valence-electron chi connectivity index (χ0n) is 12.8. The highest BCUT2D eigenvalue weighted by molar-refractivity contribution is 5.58. The van der Waals surface area contributed by atoms with E-state index in [1.807, 2.05) is 6.92 Å². The second-order valence-corrected chi connectivity index (χ2v) is 5.71. The number of nitrogens with one attached hydrogen (secondary N) is 1. The van der Waals surface area contributed by atoms with Gasteiger partial charge in [-0.25, -0.2) is 4.98 Å². The fourth-order valence-electron chi connectivity index (χ4n) is 2.86. The van der Waals surface area contributed by atoms with Crippen LogP contribution in [0.1, 0.15) is 31.9 Å². The number of aromatic nitrogens is 1. The standard InChI is InChI=1S/C15H24N4O2/c1-3-9-18(11-13-5-4-8-16-10-13)15-14(19(20)21)7-6-12(2)17-15/h6-7,13,16H,3-5,8-11H2,1-2H3. The minimum absolute atomic E-state index is 0.109. The van der Waals surface area contributed by atoms with Crippen molar-refractivity contribution in [3.05, 3.63) is 27.9 Å². The average Bonchev–Trinajstić information content (AvgIpc) is 2.47. The lowest BCUT2D eigenvalue weighted by Gasteiger charge is -2.30. The molecule has 1 atom stereocenters. The first-order valence-electron chi connectivity index (χ1n) is 7.69. The lowest BCUT2D eigenvalue weighted by atomic mass is 9.99. The van der Waals surface area contributed by atoms with Crippen LogP contribution in [0.5, 0.6) is 0 Å². The van der Waals surface area contributed by atoms with E-state index in [1.54, 1.807) is 12.1 Å². The van der Waals surface area contributed by atoms with Gasteiger partial charge in [0.25, 0.3) is 0 Å². The van der Waals surface area contributed by atoms with Crippen molar-refractivity contribution in [2.45, 2.75) is 33.1 Å². The number of rotatable bonds is 6.